The lowest BCUT2D eigenvalue weighted by Gasteiger charge is -2.31. The maximum atomic E-state index is 13.1. The van der Waals surface area contributed by atoms with Crippen molar-refractivity contribution in [1.29, 1.82) is 0 Å². The largest absolute Gasteiger partial charge is 0.485 e. The zero-order chi connectivity index (χ0) is 31.5. The molecule has 46 heavy (non-hydrogen) atoms. The predicted octanol–water partition coefficient (Wildman–Crippen LogP) is 6.33. The highest BCUT2D eigenvalue weighted by Gasteiger charge is 2.24. The number of halogens is 1. The van der Waals surface area contributed by atoms with Crippen LogP contribution in [0.1, 0.15) is 72.8 Å². The highest BCUT2D eigenvalue weighted by atomic mass is 79.9. The third-order valence-electron chi connectivity index (χ3n) is 9.01. The van der Waals surface area contributed by atoms with Crippen molar-refractivity contribution in [3.8, 4) is 5.75 Å². The van der Waals surface area contributed by atoms with Gasteiger partial charge in [-0.3, -0.25) is 14.5 Å². The minimum Gasteiger partial charge on any atom is -0.485 e. The molecule has 0 spiro atoms. The van der Waals surface area contributed by atoms with E-state index >= 15 is 0 Å². The van der Waals surface area contributed by atoms with Crippen molar-refractivity contribution in [2.45, 2.75) is 65.3 Å². The summed E-state index contributed by atoms with van der Waals surface area (Å²) < 4.78 is 12.4. The van der Waals surface area contributed by atoms with Crippen LogP contribution < -0.4 is 4.74 Å². The summed E-state index contributed by atoms with van der Waals surface area (Å²) in [5.74, 6) is 1.64. The number of aryl methyl sites for hydroxylation is 1. The van der Waals surface area contributed by atoms with Gasteiger partial charge in [0.1, 0.15) is 12.4 Å². The summed E-state index contributed by atoms with van der Waals surface area (Å²) in [5.41, 5.74) is 8.06. The molecule has 1 aromatic heterocycles. The van der Waals surface area contributed by atoms with E-state index in [4.69, 9.17) is 9.15 Å². The molecule has 2 aliphatic heterocycles. The van der Waals surface area contributed by atoms with Gasteiger partial charge in [-0.1, -0.05) is 34.1 Å². The summed E-state index contributed by atoms with van der Waals surface area (Å²) in [6, 6.07) is 17.3. The van der Waals surface area contributed by atoms with Crippen molar-refractivity contribution in [1.82, 2.24) is 14.8 Å². The zero-order valence-corrected chi connectivity index (χ0v) is 28.8. The Bertz CT molecular complexity index is 1710. The standard InChI is InChI=1S/C36H38BrN3O5.H2S/c1-23-32-14-15-39(18-29(32)7-12-34(23)44-21-35-24(2)38-22-45-35)20-31(41)10-11-33(42)27-3-4-28-19-40(16-13-26(28)17-27)36(43)25-5-8-30(37)9-6-25;/h3-9,12,17,22,31,41H,10-11,13-16,18-21H2,1-2H3;1H2/t31-;/m0./s1. The lowest BCUT2D eigenvalue weighted by atomic mass is 9.93. The minimum atomic E-state index is -0.583. The molecule has 0 saturated heterocycles. The van der Waals surface area contributed by atoms with Crippen LogP contribution in [0.5, 0.6) is 5.75 Å². The average Bonchev–Trinajstić information content (AvgIpc) is 3.47. The number of nitrogens with zero attached hydrogens (tertiary/aromatic N) is 3. The lowest BCUT2D eigenvalue weighted by molar-refractivity contribution is 0.0734. The molecule has 2 aliphatic rings. The third kappa shape index (κ3) is 7.74. The van der Waals surface area contributed by atoms with Crippen molar-refractivity contribution in [3.63, 3.8) is 0 Å². The van der Waals surface area contributed by atoms with Gasteiger partial charge in [0.15, 0.2) is 17.9 Å². The highest BCUT2D eigenvalue weighted by molar-refractivity contribution is 9.10. The second-order valence-electron chi connectivity index (χ2n) is 12.0. The number of hydrogen-bond donors (Lipinski definition) is 1. The molecule has 0 saturated carbocycles. The summed E-state index contributed by atoms with van der Waals surface area (Å²) >= 11 is 3.42. The van der Waals surface area contributed by atoms with Gasteiger partial charge in [-0.05, 0) is 97.3 Å². The van der Waals surface area contributed by atoms with E-state index in [-0.39, 0.29) is 25.2 Å². The van der Waals surface area contributed by atoms with Crippen molar-refractivity contribution >= 4 is 41.1 Å². The maximum absolute atomic E-state index is 13.1. The molecule has 242 valence electrons. The van der Waals surface area contributed by atoms with E-state index in [2.05, 4.69) is 38.8 Å². The van der Waals surface area contributed by atoms with Crippen LogP contribution in [0, 0.1) is 13.8 Å². The van der Waals surface area contributed by atoms with E-state index in [1.807, 2.05) is 60.4 Å². The highest BCUT2D eigenvalue weighted by Crippen LogP contribution is 2.30. The van der Waals surface area contributed by atoms with Gasteiger partial charge in [0.2, 0.25) is 0 Å². The van der Waals surface area contributed by atoms with E-state index in [1.165, 1.54) is 17.5 Å². The number of aromatic nitrogens is 1. The van der Waals surface area contributed by atoms with Gasteiger partial charge in [-0.15, -0.1) is 0 Å². The average molecular weight is 707 g/mol. The van der Waals surface area contributed by atoms with Gasteiger partial charge in [0, 0.05) is 54.7 Å². The molecule has 0 aliphatic carbocycles. The van der Waals surface area contributed by atoms with Crippen molar-refractivity contribution in [2.75, 3.05) is 19.6 Å². The Balaban J connectivity index is 0.00000417. The SMILES string of the molecule is Cc1ncoc1COc1ccc2c(c1C)CCN(C[C@@H](O)CCC(=O)c1ccc3c(c1)CCN(C(=O)c1ccc(Br)cc1)C3)C2.S. The van der Waals surface area contributed by atoms with E-state index < -0.39 is 6.10 Å². The summed E-state index contributed by atoms with van der Waals surface area (Å²) in [4.78, 5) is 34.3. The molecule has 1 atom stereocenters. The fourth-order valence-corrected chi connectivity index (χ4v) is 6.57. The number of amides is 1. The van der Waals surface area contributed by atoms with E-state index in [0.29, 0.717) is 56.6 Å². The van der Waals surface area contributed by atoms with Gasteiger partial charge in [0.25, 0.3) is 5.91 Å². The lowest BCUT2D eigenvalue weighted by Crippen LogP contribution is -2.37. The quantitative estimate of drug-likeness (QED) is 0.193. The molecular formula is C36H40BrN3O5S. The molecule has 0 radical (unpaired) electrons. The molecule has 4 aromatic rings. The number of ether oxygens (including phenoxy) is 1. The Kier molecular flexibility index (Phi) is 11.0. The van der Waals surface area contributed by atoms with Crippen LogP contribution in [0.4, 0.5) is 0 Å². The Morgan fingerprint density at radius 2 is 1.74 bits per heavy atom. The molecule has 0 bridgehead atoms. The fraction of sp³-hybridized carbons (Fsp3) is 0.361. The number of aliphatic hydroxyl groups excluding tert-OH is 1. The number of β-amino-alcohol motifs (C(OH)–C–C–N with tert-alkyl or cyclic N) is 1. The van der Waals surface area contributed by atoms with Gasteiger partial charge < -0.3 is 19.2 Å². The number of benzene rings is 3. The zero-order valence-electron chi connectivity index (χ0n) is 26.2. The van der Waals surface area contributed by atoms with E-state index in [1.54, 1.807) is 0 Å². The van der Waals surface area contributed by atoms with Gasteiger partial charge in [-0.25, -0.2) is 4.98 Å². The normalized spacial score (nSPS) is 15.0. The molecule has 6 rings (SSSR count). The van der Waals surface area contributed by atoms with Crippen molar-refractivity contribution < 1.29 is 23.8 Å². The summed E-state index contributed by atoms with van der Waals surface area (Å²) in [6.07, 6.45) is 3.16. The van der Waals surface area contributed by atoms with Gasteiger partial charge in [-0.2, -0.15) is 13.5 Å². The summed E-state index contributed by atoms with van der Waals surface area (Å²) in [6.45, 7) is 7.63. The Morgan fingerprint density at radius 1 is 0.978 bits per heavy atom. The number of rotatable bonds is 10. The number of fused-ring (bicyclic) bond motifs is 2. The van der Waals surface area contributed by atoms with Crippen molar-refractivity contribution in [3.05, 3.63) is 116 Å². The van der Waals surface area contributed by atoms with Gasteiger partial charge >= 0.3 is 0 Å². The topological polar surface area (TPSA) is 96.1 Å². The number of hydrogen-bond acceptors (Lipinski definition) is 7. The summed E-state index contributed by atoms with van der Waals surface area (Å²) in [5, 5.41) is 10.8. The molecule has 1 N–H and O–H groups in total. The molecule has 0 unspecified atom stereocenters. The molecule has 8 nitrogen and oxygen atoms in total. The molecule has 0 fully saturated rings. The monoisotopic (exact) mass is 705 g/mol. The van der Waals surface area contributed by atoms with Crippen LogP contribution in [-0.2, 0) is 32.5 Å². The first-order chi connectivity index (χ1) is 21.7. The molecule has 10 heteroatoms. The van der Waals surface area contributed by atoms with Crippen LogP contribution >= 0.6 is 29.4 Å². The van der Waals surface area contributed by atoms with Gasteiger partial charge in [0.05, 0.1) is 11.8 Å². The molecule has 3 aromatic carbocycles. The number of aliphatic hydroxyl groups is 1. The van der Waals surface area contributed by atoms with Crippen LogP contribution in [0.15, 0.2) is 69.9 Å². The second-order valence-corrected chi connectivity index (χ2v) is 13.0. The Morgan fingerprint density at radius 3 is 2.50 bits per heavy atom. The van der Waals surface area contributed by atoms with Crippen LogP contribution in [0.3, 0.4) is 0 Å². The Hall–Kier alpha value is -3.44. The molecule has 1 amide bonds. The fourth-order valence-electron chi connectivity index (χ4n) is 6.30. The maximum Gasteiger partial charge on any atom is 0.254 e. The molecule has 3 heterocycles. The van der Waals surface area contributed by atoms with Crippen molar-refractivity contribution in [2.24, 2.45) is 0 Å². The number of carbonyl (C=O) groups is 2. The third-order valence-corrected chi connectivity index (χ3v) is 9.54. The smallest absolute Gasteiger partial charge is 0.254 e. The number of ketones is 1. The number of Topliss-reactive ketones (excluding diaryl/α,β-unsaturated/α-hetero) is 1. The van der Waals surface area contributed by atoms with E-state index in [0.717, 1.165) is 57.9 Å². The first-order valence-electron chi connectivity index (χ1n) is 15.5. The molecular weight excluding hydrogens is 666 g/mol. The first kappa shape index (κ1) is 33.9. The number of oxazole rings is 1. The van der Waals surface area contributed by atoms with Crippen LogP contribution in [0.25, 0.3) is 0 Å². The van der Waals surface area contributed by atoms with Crippen LogP contribution in [-0.4, -0.2) is 57.3 Å². The Labute approximate surface area is 285 Å². The number of carbonyl (C=O) groups excluding carboxylic acids is 2. The van der Waals surface area contributed by atoms with Crippen LogP contribution in [0.2, 0.25) is 0 Å². The summed E-state index contributed by atoms with van der Waals surface area (Å²) in [7, 11) is 0. The second kappa shape index (κ2) is 15.0. The predicted molar refractivity (Wildman–Crippen MR) is 185 cm³/mol. The first-order valence-corrected chi connectivity index (χ1v) is 16.3. The minimum absolute atomic E-state index is 0. The van der Waals surface area contributed by atoms with E-state index in [9.17, 15) is 14.7 Å².